The number of anilines is 1. The Labute approximate surface area is 122 Å². The third kappa shape index (κ3) is 3.63. The number of benzene rings is 1. The number of amides is 2. The molecule has 1 saturated heterocycles. The molecule has 1 aromatic carbocycles. The fraction of sp³-hybridized carbons (Fsp3) is 0.429. The number of carbonyl (C=O) groups is 2. The summed E-state index contributed by atoms with van der Waals surface area (Å²) in [5.74, 6) is -1.58. The number of carboxylic acids is 1. The quantitative estimate of drug-likeness (QED) is 0.737. The Morgan fingerprint density at radius 3 is 2.57 bits per heavy atom. The SMILES string of the molecule is COC1CCN(C(=O)Nc2ccc(O)c(C(=O)O)c2)CC1. The molecule has 0 aliphatic carbocycles. The molecule has 3 N–H and O–H groups in total. The number of likely N-dealkylation sites (tertiary alicyclic amines) is 1. The molecule has 1 aliphatic heterocycles. The molecule has 7 heteroatoms. The van der Waals surface area contributed by atoms with Crippen LogP contribution in [0, 0.1) is 0 Å². The number of carboxylic acid groups (broad SMARTS) is 1. The maximum Gasteiger partial charge on any atom is 0.339 e. The molecule has 0 spiro atoms. The molecule has 0 unspecified atom stereocenters. The number of aromatic carboxylic acids is 1. The van der Waals surface area contributed by atoms with Gasteiger partial charge in [0.15, 0.2) is 0 Å². The van der Waals surface area contributed by atoms with Gasteiger partial charge in [-0.05, 0) is 31.0 Å². The smallest absolute Gasteiger partial charge is 0.339 e. The Morgan fingerprint density at radius 1 is 1.33 bits per heavy atom. The van der Waals surface area contributed by atoms with Gasteiger partial charge in [0, 0.05) is 25.9 Å². The number of nitrogens with zero attached hydrogens (tertiary/aromatic N) is 1. The molecule has 0 saturated carbocycles. The summed E-state index contributed by atoms with van der Waals surface area (Å²) in [6.45, 7) is 1.18. The van der Waals surface area contributed by atoms with E-state index in [0.29, 0.717) is 18.8 Å². The average Bonchev–Trinajstić information content (AvgIpc) is 2.49. The van der Waals surface area contributed by atoms with Crippen LogP contribution < -0.4 is 5.32 Å². The summed E-state index contributed by atoms with van der Waals surface area (Å²) in [6.07, 6.45) is 1.74. The van der Waals surface area contributed by atoms with Gasteiger partial charge in [0.1, 0.15) is 11.3 Å². The molecule has 21 heavy (non-hydrogen) atoms. The summed E-state index contributed by atoms with van der Waals surface area (Å²) in [5.41, 5.74) is 0.0926. The molecule has 1 fully saturated rings. The predicted molar refractivity (Wildman–Crippen MR) is 75.7 cm³/mol. The van der Waals surface area contributed by atoms with Gasteiger partial charge >= 0.3 is 12.0 Å². The van der Waals surface area contributed by atoms with Gasteiger partial charge in [0.05, 0.1) is 6.10 Å². The first-order valence-electron chi connectivity index (χ1n) is 6.66. The number of methoxy groups -OCH3 is 1. The normalized spacial score (nSPS) is 15.8. The highest BCUT2D eigenvalue weighted by Gasteiger charge is 2.22. The Morgan fingerprint density at radius 2 is 2.00 bits per heavy atom. The minimum atomic E-state index is -1.25. The van der Waals surface area contributed by atoms with Crippen molar-refractivity contribution in [3.8, 4) is 5.75 Å². The van der Waals surface area contributed by atoms with E-state index < -0.39 is 5.97 Å². The van der Waals surface area contributed by atoms with E-state index >= 15 is 0 Å². The van der Waals surface area contributed by atoms with E-state index in [1.54, 1.807) is 12.0 Å². The molecule has 1 heterocycles. The maximum absolute atomic E-state index is 12.1. The molecule has 1 aromatic rings. The number of nitrogens with one attached hydrogen (secondary N) is 1. The number of ether oxygens (including phenoxy) is 1. The zero-order valence-electron chi connectivity index (χ0n) is 11.7. The molecule has 0 radical (unpaired) electrons. The summed E-state index contributed by atoms with van der Waals surface area (Å²) in [5, 5.41) is 21.0. The highest BCUT2D eigenvalue weighted by molar-refractivity contribution is 5.95. The van der Waals surface area contributed by atoms with Gasteiger partial charge in [-0.25, -0.2) is 9.59 Å². The van der Waals surface area contributed by atoms with E-state index in [2.05, 4.69) is 5.32 Å². The van der Waals surface area contributed by atoms with Gasteiger partial charge in [0.2, 0.25) is 0 Å². The van der Waals surface area contributed by atoms with Gasteiger partial charge in [-0.3, -0.25) is 0 Å². The van der Waals surface area contributed by atoms with Crippen molar-refractivity contribution in [3.63, 3.8) is 0 Å². The third-order valence-corrected chi connectivity index (χ3v) is 3.54. The number of hydrogen-bond acceptors (Lipinski definition) is 4. The molecule has 2 amide bonds. The van der Waals surface area contributed by atoms with Gasteiger partial charge in [-0.15, -0.1) is 0 Å². The number of rotatable bonds is 3. The van der Waals surface area contributed by atoms with Crippen molar-refractivity contribution in [2.45, 2.75) is 18.9 Å². The molecule has 7 nitrogen and oxygen atoms in total. The van der Waals surface area contributed by atoms with Crippen LogP contribution in [0.4, 0.5) is 10.5 Å². The number of piperidine rings is 1. The zero-order valence-corrected chi connectivity index (χ0v) is 11.7. The van der Waals surface area contributed by atoms with Gasteiger partial charge in [-0.2, -0.15) is 0 Å². The van der Waals surface area contributed by atoms with E-state index in [-0.39, 0.29) is 23.4 Å². The largest absolute Gasteiger partial charge is 0.507 e. The van der Waals surface area contributed by atoms with E-state index in [4.69, 9.17) is 9.84 Å². The fourth-order valence-corrected chi connectivity index (χ4v) is 2.28. The summed E-state index contributed by atoms with van der Waals surface area (Å²) in [4.78, 5) is 24.7. The molecular weight excluding hydrogens is 276 g/mol. The van der Waals surface area contributed by atoms with Crippen LogP contribution in [0.1, 0.15) is 23.2 Å². The van der Waals surface area contributed by atoms with Gasteiger partial charge in [-0.1, -0.05) is 0 Å². The third-order valence-electron chi connectivity index (χ3n) is 3.54. The van der Waals surface area contributed by atoms with Crippen molar-refractivity contribution in [3.05, 3.63) is 23.8 Å². The van der Waals surface area contributed by atoms with E-state index in [1.807, 2.05) is 0 Å². The first kappa shape index (κ1) is 15.1. The summed E-state index contributed by atoms with van der Waals surface area (Å²) in [7, 11) is 1.66. The topological polar surface area (TPSA) is 99.1 Å². The van der Waals surface area contributed by atoms with Crippen LogP contribution in [-0.4, -0.2) is 53.4 Å². The Kier molecular flexibility index (Phi) is 4.64. The number of urea groups is 1. The van der Waals surface area contributed by atoms with Gasteiger partial charge < -0.3 is 25.2 Å². The first-order chi connectivity index (χ1) is 10.0. The molecule has 1 aliphatic rings. The van der Waals surface area contributed by atoms with Crippen LogP contribution in [0.25, 0.3) is 0 Å². The van der Waals surface area contributed by atoms with Crippen molar-refractivity contribution in [2.75, 3.05) is 25.5 Å². The summed E-state index contributed by atoms with van der Waals surface area (Å²) >= 11 is 0. The van der Waals surface area contributed by atoms with Crippen LogP contribution in [0.15, 0.2) is 18.2 Å². The highest BCUT2D eigenvalue weighted by atomic mass is 16.5. The molecule has 2 rings (SSSR count). The second-order valence-electron chi connectivity index (χ2n) is 4.89. The van der Waals surface area contributed by atoms with E-state index in [9.17, 15) is 14.7 Å². The van der Waals surface area contributed by atoms with Crippen LogP contribution in [0.3, 0.4) is 0 Å². The zero-order chi connectivity index (χ0) is 15.4. The maximum atomic E-state index is 12.1. The second kappa shape index (κ2) is 6.45. The predicted octanol–water partition coefficient (Wildman–Crippen LogP) is 1.73. The van der Waals surface area contributed by atoms with Crippen LogP contribution in [-0.2, 0) is 4.74 Å². The second-order valence-corrected chi connectivity index (χ2v) is 4.89. The molecule has 114 valence electrons. The first-order valence-corrected chi connectivity index (χ1v) is 6.66. The minimum absolute atomic E-state index is 0.182. The van der Waals surface area contributed by atoms with Crippen molar-refractivity contribution < 1.29 is 24.5 Å². The minimum Gasteiger partial charge on any atom is -0.507 e. The molecule has 0 aromatic heterocycles. The Balaban J connectivity index is 2.00. The van der Waals surface area contributed by atoms with Crippen LogP contribution >= 0.6 is 0 Å². The number of hydrogen-bond donors (Lipinski definition) is 3. The monoisotopic (exact) mass is 294 g/mol. The lowest BCUT2D eigenvalue weighted by molar-refractivity contribution is 0.0521. The lowest BCUT2D eigenvalue weighted by Gasteiger charge is -2.31. The highest BCUT2D eigenvalue weighted by Crippen LogP contribution is 2.22. The summed E-state index contributed by atoms with van der Waals surface area (Å²) < 4.78 is 5.24. The Hall–Kier alpha value is -2.28. The molecule has 0 atom stereocenters. The van der Waals surface area contributed by atoms with Crippen LogP contribution in [0.2, 0.25) is 0 Å². The fourth-order valence-electron chi connectivity index (χ4n) is 2.28. The van der Waals surface area contributed by atoms with E-state index in [0.717, 1.165) is 12.8 Å². The van der Waals surface area contributed by atoms with E-state index in [1.165, 1.54) is 18.2 Å². The lowest BCUT2D eigenvalue weighted by Crippen LogP contribution is -2.42. The number of phenols is 1. The standard InChI is InChI=1S/C14H18N2O5/c1-21-10-4-6-16(7-5-10)14(20)15-9-2-3-12(17)11(8-9)13(18)19/h2-3,8,10,17H,4-7H2,1H3,(H,15,20)(H,18,19). The van der Waals surface area contributed by atoms with Crippen molar-refractivity contribution in [2.24, 2.45) is 0 Å². The van der Waals surface area contributed by atoms with Crippen molar-refractivity contribution >= 4 is 17.7 Å². The lowest BCUT2D eigenvalue weighted by atomic mass is 10.1. The number of aromatic hydroxyl groups is 1. The van der Waals surface area contributed by atoms with Gasteiger partial charge in [0.25, 0.3) is 0 Å². The average molecular weight is 294 g/mol. The Bertz CT molecular complexity index is 538. The molecular formula is C14H18N2O5. The van der Waals surface area contributed by atoms with Crippen molar-refractivity contribution in [1.82, 2.24) is 4.90 Å². The number of carbonyl (C=O) groups excluding carboxylic acids is 1. The van der Waals surface area contributed by atoms with Crippen LogP contribution in [0.5, 0.6) is 5.75 Å². The molecule has 0 bridgehead atoms. The summed E-state index contributed by atoms with van der Waals surface area (Å²) in [6, 6.07) is 3.65. The van der Waals surface area contributed by atoms with Crippen molar-refractivity contribution in [1.29, 1.82) is 0 Å².